The lowest BCUT2D eigenvalue weighted by Crippen LogP contribution is -2.34. The van der Waals surface area contributed by atoms with Crippen molar-refractivity contribution < 1.29 is 4.52 Å². The fourth-order valence-corrected chi connectivity index (χ4v) is 3.79. The highest BCUT2D eigenvalue weighted by atomic mass is 79.9. The summed E-state index contributed by atoms with van der Waals surface area (Å²) in [5.41, 5.74) is 7.19. The van der Waals surface area contributed by atoms with E-state index in [0.29, 0.717) is 5.82 Å². The smallest absolute Gasteiger partial charge is 0.237 e. The number of hydrogen-bond acceptors (Lipinski definition) is 4. The topological polar surface area (TPSA) is 64.9 Å². The molecule has 0 aliphatic heterocycles. The van der Waals surface area contributed by atoms with Crippen molar-refractivity contribution in [3.63, 3.8) is 0 Å². The van der Waals surface area contributed by atoms with Crippen LogP contribution in [-0.4, -0.2) is 10.1 Å². The van der Waals surface area contributed by atoms with Crippen LogP contribution in [0.2, 0.25) is 0 Å². The second-order valence-corrected chi connectivity index (χ2v) is 7.29. The van der Waals surface area contributed by atoms with Crippen LogP contribution in [0.15, 0.2) is 33.3 Å². The van der Waals surface area contributed by atoms with Crippen molar-refractivity contribution >= 4 is 15.9 Å². The van der Waals surface area contributed by atoms with E-state index >= 15 is 0 Å². The van der Waals surface area contributed by atoms with Crippen molar-refractivity contribution in [3.05, 3.63) is 46.0 Å². The molecule has 2 aromatic rings. The average molecular weight is 348 g/mol. The number of rotatable bonds is 3. The van der Waals surface area contributed by atoms with Crippen molar-refractivity contribution in [3.8, 4) is 0 Å². The zero-order valence-corrected chi connectivity index (χ0v) is 13.4. The van der Waals surface area contributed by atoms with E-state index < -0.39 is 0 Å². The van der Waals surface area contributed by atoms with Crippen LogP contribution >= 0.6 is 15.9 Å². The minimum absolute atomic E-state index is 0.0933. The molecule has 0 amide bonds. The molecule has 0 radical (unpaired) electrons. The van der Waals surface area contributed by atoms with Crippen LogP contribution in [0.25, 0.3) is 0 Å². The Balaban J connectivity index is 1.69. The molecular weight excluding hydrogens is 330 g/mol. The van der Waals surface area contributed by atoms with Gasteiger partial charge in [-0.15, -0.1) is 0 Å². The van der Waals surface area contributed by atoms with Crippen molar-refractivity contribution in [1.82, 2.24) is 10.1 Å². The maximum atomic E-state index is 6.43. The van der Waals surface area contributed by atoms with E-state index in [1.165, 1.54) is 5.56 Å². The molecule has 0 atom stereocenters. The molecule has 0 bridgehead atoms. The Morgan fingerprint density at radius 1 is 1.14 bits per heavy atom. The third-order valence-corrected chi connectivity index (χ3v) is 5.40. The quantitative estimate of drug-likeness (QED) is 0.920. The lowest BCUT2D eigenvalue weighted by molar-refractivity contribution is 0.337. The molecule has 4 nitrogen and oxygen atoms in total. The molecule has 2 aliphatic carbocycles. The van der Waals surface area contributed by atoms with Crippen LogP contribution in [0.5, 0.6) is 0 Å². The largest absolute Gasteiger partial charge is 0.338 e. The number of hydrogen-bond donors (Lipinski definition) is 1. The molecule has 2 fully saturated rings. The number of benzene rings is 1. The molecule has 21 heavy (non-hydrogen) atoms. The van der Waals surface area contributed by atoms with Gasteiger partial charge in [0.25, 0.3) is 0 Å². The molecule has 1 heterocycles. The highest BCUT2D eigenvalue weighted by Crippen LogP contribution is 2.53. The number of halogens is 1. The molecule has 2 N–H and O–H groups in total. The Hall–Kier alpha value is -1.20. The van der Waals surface area contributed by atoms with Crippen LogP contribution in [0.3, 0.4) is 0 Å². The van der Waals surface area contributed by atoms with E-state index in [-0.39, 0.29) is 11.0 Å². The molecular formula is C16H18BrN3O. The first-order valence-electron chi connectivity index (χ1n) is 7.52. The lowest BCUT2D eigenvalue weighted by Gasteiger charge is -2.18. The summed E-state index contributed by atoms with van der Waals surface area (Å²) >= 11 is 3.54. The Morgan fingerprint density at radius 2 is 1.90 bits per heavy atom. The molecule has 0 spiro atoms. The zero-order chi connectivity index (χ0) is 14.5. The molecule has 2 saturated carbocycles. The minimum atomic E-state index is -0.380. The predicted molar refractivity (Wildman–Crippen MR) is 82.8 cm³/mol. The molecule has 1 aromatic carbocycles. The first-order chi connectivity index (χ1) is 10.1. The fourth-order valence-electron chi connectivity index (χ4n) is 3.39. The van der Waals surface area contributed by atoms with E-state index in [0.717, 1.165) is 48.9 Å². The summed E-state index contributed by atoms with van der Waals surface area (Å²) in [7, 11) is 0. The van der Waals surface area contributed by atoms with Crippen LogP contribution < -0.4 is 5.73 Å². The normalized spacial score (nSPS) is 22.4. The standard InChI is InChI=1S/C16H18BrN3O/c17-12-5-3-4-11(10-12)15(8-9-15)14-19-13(20-21-14)16(18)6-1-2-7-16/h3-5,10H,1-2,6-9,18H2. The number of nitrogens with zero attached hydrogens (tertiary/aromatic N) is 2. The third kappa shape index (κ3) is 2.14. The van der Waals surface area contributed by atoms with Gasteiger partial charge in [0.05, 0.1) is 11.0 Å². The fraction of sp³-hybridized carbons (Fsp3) is 0.500. The van der Waals surface area contributed by atoms with Crippen molar-refractivity contribution in [2.75, 3.05) is 0 Å². The van der Waals surface area contributed by atoms with E-state index in [9.17, 15) is 0 Å². The van der Waals surface area contributed by atoms with Gasteiger partial charge in [-0.3, -0.25) is 0 Å². The van der Waals surface area contributed by atoms with Gasteiger partial charge in [0, 0.05) is 4.47 Å². The Labute approximate surface area is 132 Å². The van der Waals surface area contributed by atoms with Crippen LogP contribution in [-0.2, 0) is 11.0 Å². The molecule has 0 unspecified atom stereocenters. The Bertz CT molecular complexity index is 672. The predicted octanol–water partition coefficient (Wildman–Crippen LogP) is 3.64. The summed E-state index contributed by atoms with van der Waals surface area (Å²) in [6.07, 6.45) is 6.32. The lowest BCUT2D eigenvalue weighted by atomic mass is 9.95. The minimum Gasteiger partial charge on any atom is -0.338 e. The number of aromatic nitrogens is 2. The van der Waals surface area contributed by atoms with Gasteiger partial charge < -0.3 is 10.3 Å². The van der Waals surface area contributed by atoms with Gasteiger partial charge in [0.2, 0.25) is 5.89 Å². The SMILES string of the molecule is NC1(c2noc(C3(c4cccc(Br)c4)CC3)n2)CCCC1. The molecule has 0 saturated heterocycles. The van der Waals surface area contributed by atoms with Gasteiger partial charge in [-0.2, -0.15) is 4.98 Å². The van der Waals surface area contributed by atoms with E-state index in [1.54, 1.807) is 0 Å². The van der Waals surface area contributed by atoms with Crippen molar-refractivity contribution in [2.24, 2.45) is 5.73 Å². The summed E-state index contributed by atoms with van der Waals surface area (Å²) < 4.78 is 6.69. The second-order valence-electron chi connectivity index (χ2n) is 6.38. The maximum absolute atomic E-state index is 6.43. The molecule has 110 valence electrons. The van der Waals surface area contributed by atoms with E-state index in [4.69, 9.17) is 10.3 Å². The van der Waals surface area contributed by atoms with Crippen LogP contribution in [0.1, 0.15) is 55.8 Å². The number of nitrogens with two attached hydrogens (primary N) is 1. The summed E-state index contributed by atoms with van der Waals surface area (Å²) in [4.78, 5) is 4.69. The average Bonchev–Trinajstić information content (AvgIpc) is 2.92. The Kier molecular flexibility index (Phi) is 2.98. The highest BCUT2D eigenvalue weighted by molar-refractivity contribution is 9.10. The Morgan fingerprint density at radius 3 is 2.57 bits per heavy atom. The third-order valence-electron chi connectivity index (χ3n) is 4.90. The van der Waals surface area contributed by atoms with Gasteiger partial charge in [-0.1, -0.05) is 46.1 Å². The van der Waals surface area contributed by atoms with Gasteiger partial charge in [0.1, 0.15) is 0 Å². The maximum Gasteiger partial charge on any atom is 0.237 e. The molecule has 1 aromatic heterocycles. The highest BCUT2D eigenvalue weighted by Gasteiger charge is 2.51. The first-order valence-corrected chi connectivity index (χ1v) is 8.31. The summed E-state index contributed by atoms with van der Waals surface area (Å²) in [5.74, 6) is 1.42. The zero-order valence-electron chi connectivity index (χ0n) is 11.8. The molecule has 5 heteroatoms. The van der Waals surface area contributed by atoms with Crippen molar-refractivity contribution in [1.29, 1.82) is 0 Å². The van der Waals surface area contributed by atoms with E-state index in [1.807, 2.05) is 6.07 Å². The van der Waals surface area contributed by atoms with Gasteiger partial charge >= 0.3 is 0 Å². The molecule has 2 aliphatic rings. The van der Waals surface area contributed by atoms with Gasteiger partial charge in [-0.05, 0) is 43.4 Å². The van der Waals surface area contributed by atoms with Gasteiger partial charge in [-0.25, -0.2) is 0 Å². The van der Waals surface area contributed by atoms with Crippen LogP contribution in [0.4, 0.5) is 0 Å². The second kappa shape index (κ2) is 4.65. The monoisotopic (exact) mass is 347 g/mol. The summed E-state index contributed by atoms with van der Waals surface area (Å²) in [5, 5.41) is 4.20. The van der Waals surface area contributed by atoms with E-state index in [2.05, 4.69) is 44.3 Å². The van der Waals surface area contributed by atoms with Crippen LogP contribution in [0, 0.1) is 0 Å². The van der Waals surface area contributed by atoms with Crippen molar-refractivity contribution in [2.45, 2.75) is 49.5 Å². The first kappa shape index (κ1) is 13.5. The molecule has 4 rings (SSSR count). The summed E-state index contributed by atoms with van der Waals surface area (Å²) in [6, 6.07) is 8.37. The summed E-state index contributed by atoms with van der Waals surface area (Å²) in [6.45, 7) is 0. The van der Waals surface area contributed by atoms with Gasteiger partial charge in [0.15, 0.2) is 5.82 Å².